The number of benzene rings is 2. The molecule has 34 heavy (non-hydrogen) atoms. The number of pyridine rings is 1. The highest BCUT2D eigenvalue weighted by Gasteiger charge is 2.33. The lowest BCUT2D eigenvalue weighted by Gasteiger charge is -2.20. The van der Waals surface area contributed by atoms with Gasteiger partial charge in [-0.25, -0.2) is 9.97 Å². The number of alkyl halides is 2. The molecule has 0 aliphatic carbocycles. The Morgan fingerprint density at radius 2 is 1.88 bits per heavy atom. The van der Waals surface area contributed by atoms with Crippen LogP contribution in [0.15, 0.2) is 67.0 Å². The molecule has 0 aliphatic rings. The molecule has 2 heterocycles. The van der Waals surface area contributed by atoms with Gasteiger partial charge in [0.1, 0.15) is 0 Å². The maximum Gasteiger partial charge on any atom is 0.351 e. The van der Waals surface area contributed by atoms with Crippen molar-refractivity contribution in [1.82, 2.24) is 15.0 Å². The molecule has 0 aliphatic heterocycles. The van der Waals surface area contributed by atoms with E-state index in [2.05, 4.69) is 20.3 Å². The molecule has 2 aromatic carbocycles. The van der Waals surface area contributed by atoms with Crippen LogP contribution in [0.5, 0.6) is 0 Å². The van der Waals surface area contributed by atoms with Crippen LogP contribution >= 0.6 is 7.37 Å². The minimum atomic E-state index is -3.45. The van der Waals surface area contributed by atoms with Crippen molar-refractivity contribution in [2.24, 2.45) is 0 Å². The van der Waals surface area contributed by atoms with Gasteiger partial charge in [-0.05, 0) is 36.8 Å². The highest BCUT2D eigenvalue weighted by molar-refractivity contribution is 7.57. The summed E-state index contributed by atoms with van der Waals surface area (Å²) in [5.74, 6) is -0.376. The predicted octanol–water partition coefficient (Wildman–Crippen LogP) is 5.88. The first kappa shape index (κ1) is 23.7. The molecule has 0 radical (unpaired) electrons. The molecule has 0 bridgehead atoms. The average Bonchev–Trinajstić information content (AvgIpc) is 2.80. The topological polar surface area (TPSA) is 103 Å². The zero-order valence-electron chi connectivity index (χ0n) is 18.7. The van der Waals surface area contributed by atoms with E-state index in [1.807, 2.05) is 0 Å². The van der Waals surface area contributed by atoms with Crippen LogP contribution in [0.3, 0.4) is 0 Å². The van der Waals surface area contributed by atoms with Gasteiger partial charge in [0.25, 0.3) is 0 Å². The van der Waals surface area contributed by atoms with Crippen molar-refractivity contribution in [3.05, 3.63) is 78.1 Å². The Balaban J connectivity index is 1.57. The number of nitrogen functional groups attached to an aromatic ring is 1. The second kappa shape index (κ2) is 9.44. The summed E-state index contributed by atoms with van der Waals surface area (Å²) < 4.78 is 47.8. The molecule has 2 aromatic heterocycles. The third kappa shape index (κ3) is 5.38. The molecule has 0 saturated carbocycles. The van der Waals surface area contributed by atoms with Crippen molar-refractivity contribution in [1.29, 1.82) is 0 Å². The number of nitrogens with zero attached hydrogens (tertiary/aromatic N) is 3. The summed E-state index contributed by atoms with van der Waals surface area (Å²) in [5.41, 5.74) is 8.07. The summed E-state index contributed by atoms with van der Waals surface area (Å²) in [4.78, 5) is 12.5. The number of halogens is 2. The van der Waals surface area contributed by atoms with Gasteiger partial charge >= 0.3 is 6.05 Å². The summed E-state index contributed by atoms with van der Waals surface area (Å²) in [6.07, 6.45) is 3.32. The SMILES string of the molecule is CCOP(C)(=O)Cc1ccc(-c2cnc(N)c(NC(F)(F)c3ccc4ncccc4c3)n2)cc1. The van der Waals surface area contributed by atoms with Crippen LogP contribution in [-0.2, 0) is 21.3 Å². The number of nitrogens with one attached hydrogen (secondary N) is 1. The molecule has 0 amide bonds. The van der Waals surface area contributed by atoms with Gasteiger partial charge in [0.05, 0.1) is 24.0 Å². The van der Waals surface area contributed by atoms with Gasteiger partial charge in [0.2, 0.25) is 7.37 Å². The Morgan fingerprint density at radius 1 is 1.12 bits per heavy atom. The van der Waals surface area contributed by atoms with Crippen molar-refractivity contribution >= 4 is 29.9 Å². The summed E-state index contributed by atoms with van der Waals surface area (Å²) in [6, 6.07) is 11.3. The zero-order valence-corrected chi connectivity index (χ0v) is 19.6. The Hall–Kier alpha value is -3.42. The molecule has 4 rings (SSSR count). The number of anilines is 2. The van der Waals surface area contributed by atoms with E-state index in [9.17, 15) is 4.57 Å². The lowest BCUT2D eigenvalue weighted by atomic mass is 10.1. The minimum absolute atomic E-state index is 0.147. The van der Waals surface area contributed by atoms with E-state index in [1.165, 1.54) is 24.4 Å². The summed E-state index contributed by atoms with van der Waals surface area (Å²) >= 11 is 0. The Morgan fingerprint density at radius 3 is 2.62 bits per heavy atom. The van der Waals surface area contributed by atoms with Gasteiger partial charge in [0.15, 0.2) is 11.6 Å². The van der Waals surface area contributed by atoms with Gasteiger partial charge < -0.3 is 15.6 Å². The van der Waals surface area contributed by atoms with Gasteiger partial charge in [0, 0.05) is 35.5 Å². The van der Waals surface area contributed by atoms with Crippen molar-refractivity contribution in [2.45, 2.75) is 19.1 Å². The number of hydrogen-bond donors (Lipinski definition) is 2. The number of nitrogens with two attached hydrogens (primary N) is 1. The van der Waals surface area contributed by atoms with E-state index in [1.54, 1.807) is 56.2 Å². The molecule has 10 heteroatoms. The molecule has 1 unspecified atom stereocenters. The Kier molecular flexibility index (Phi) is 6.59. The number of aromatic nitrogens is 3. The van der Waals surface area contributed by atoms with E-state index in [4.69, 9.17) is 10.3 Å². The van der Waals surface area contributed by atoms with Crippen molar-refractivity contribution in [2.75, 3.05) is 24.3 Å². The van der Waals surface area contributed by atoms with Crippen LogP contribution in [0.2, 0.25) is 0 Å². The lowest BCUT2D eigenvalue weighted by Crippen LogP contribution is -2.26. The molecular formula is C24H24F2N5O2P. The standard InChI is InChI=1S/C24H24F2N5O2P/c1-3-33-34(2,32)15-16-6-8-17(9-7-16)21-14-29-22(27)23(30-21)31-24(25,26)19-10-11-20-18(13-19)5-4-12-28-20/h4-14H,3,15H2,1-2H3,(H2,27,29)(H,30,31). The minimum Gasteiger partial charge on any atom is -0.381 e. The summed E-state index contributed by atoms with van der Waals surface area (Å²) in [5, 5.41) is 2.72. The van der Waals surface area contributed by atoms with Crippen LogP contribution < -0.4 is 11.1 Å². The van der Waals surface area contributed by atoms with E-state index in [0.717, 1.165) is 5.56 Å². The first-order valence-corrected chi connectivity index (χ1v) is 12.9. The Labute approximate surface area is 195 Å². The van der Waals surface area contributed by atoms with Gasteiger partial charge in [-0.1, -0.05) is 30.3 Å². The van der Waals surface area contributed by atoms with Gasteiger partial charge in [-0.15, -0.1) is 0 Å². The fourth-order valence-electron chi connectivity index (χ4n) is 3.55. The predicted molar refractivity (Wildman–Crippen MR) is 130 cm³/mol. The molecule has 3 N–H and O–H groups in total. The molecule has 0 spiro atoms. The smallest absolute Gasteiger partial charge is 0.351 e. The quantitative estimate of drug-likeness (QED) is 0.238. The highest BCUT2D eigenvalue weighted by Crippen LogP contribution is 2.46. The molecule has 7 nitrogen and oxygen atoms in total. The van der Waals surface area contributed by atoms with E-state index >= 15 is 8.78 Å². The molecule has 176 valence electrons. The van der Waals surface area contributed by atoms with Crippen LogP contribution in [-0.4, -0.2) is 28.2 Å². The van der Waals surface area contributed by atoms with Crippen molar-refractivity contribution < 1.29 is 17.9 Å². The molecule has 1 atom stereocenters. The molecular weight excluding hydrogens is 459 g/mol. The summed E-state index contributed by atoms with van der Waals surface area (Å²) in [6.45, 7) is 3.77. The number of hydrogen-bond acceptors (Lipinski definition) is 7. The largest absolute Gasteiger partial charge is 0.381 e. The zero-order chi connectivity index (χ0) is 24.3. The first-order valence-electron chi connectivity index (χ1n) is 10.6. The lowest BCUT2D eigenvalue weighted by molar-refractivity contribution is 0.0282. The van der Waals surface area contributed by atoms with E-state index in [0.29, 0.717) is 34.9 Å². The molecule has 0 saturated heterocycles. The normalized spacial score (nSPS) is 13.5. The van der Waals surface area contributed by atoms with E-state index in [-0.39, 0.29) is 17.2 Å². The molecule has 0 fully saturated rings. The number of rotatable bonds is 8. The summed E-state index contributed by atoms with van der Waals surface area (Å²) in [7, 11) is -2.73. The third-order valence-corrected chi connectivity index (χ3v) is 6.91. The Bertz CT molecular complexity index is 1370. The number of fused-ring (bicyclic) bond motifs is 1. The monoisotopic (exact) mass is 483 g/mol. The fourth-order valence-corrected chi connectivity index (χ4v) is 5.06. The van der Waals surface area contributed by atoms with Crippen LogP contribution in [0, 0.1) is 0 Å². The second-order valence-corrected chi connectivity index (χ2v) is 10.5. The third-order valence-electron chi connectivity index (χ3n) is 5.16. The van der Waals surface area contributed by atoms with Gasteiger partial charge in [-0.2, -0.15) is 8.78 Å². The van der Waals surface area contributed by atoms with Crippen molar-refractivity contribution in [3.8, 4) is 11.3 Å². The maximum atomic E-state index is 15.1. The average molecular weight is 483 g/mol. The van der Waals surface area contributed by atoms with Gasteiger partial charge in [-0.3, -0.25) is 9.55 Å². The first-order chi connectivity index (χ1) is 16.2. The molecule has 4 aromatic rings. The van der Waals surface area contributed by atoms with Crippen LogP contribution in [0.4, 0.5) is 20.4 Å². The second-order valence-electron chi connectivity index (χ2n) is 7.89. The van der Waals surface area contributed by atoms with E-state index < -0.39 is 13.4 Å². The van der Waals surface area contributed by atoms with Crippen LogP contribution in [0.25, 0.3) is 22.2 Å². The highest BCUT2D eigenvalue weighted by atomic mass is 31.2. The van der Waals surface area contributed by atoms with Crippen LogP contribution in [0.1, 0.15) is 18.1 Å². The maximum absolute atomic E-state index is 15.1. The fraction of sp³-hybridized carbons (Fsp3) is 0.208. The van der Waals surface area contributed by atoms with Crippen molar-refractivity contribution in [3.63, 3.8) is 0 Å².